The second kappa shape index (κ2) is 11.3. The van der Waals surface area contributed by atoms with Crippen molar-refractivity contribution in [2.24, 2.45) is 0 Å². The maximum atomic E-state index is 13.9. The van der Waals surface area contributed by atoms with Crippen LogP contribution in [0.2, 0.25) is 0 Å². The Balaban J connectivity index is 1.40. The number of hydrogen-bond donors (Lipinski definition) is 2. The lowest BCUT2D eigenvalue weighted by atomic mass is 10.1. The average molecular weight is 483 g/mol. The Hall–Kier alpha value is -2.52. The van der Waals surface area contributed by atoms with E-state index in [9.17, 15) is 18.7 Å². The maximum Gasteiger partial charge on any atom is 0.407 e. The summed E-state index contributed by atoms with van der Waals surface area (Å²) in [6.07, 6.45) is -1.49. The Morgan fingerprint density at radius 3 is 2.38 bits per heavy atom. The molecule has 2 unspecified atom stereocenters. The molecule has 2 saturated heterocycles. The summed E-state index contributed by atoms with van der Waals surface area (Å²) < 4.78 is 44.3. The number of carbonyl (C=O) groups is 1. The third-order valence-electron chi connectivity index (χ3n) is 5.34. The van der Waals surface area contributed by atoms with Crippen LogP contribution in [0.1, 0.15) is 26.3 Å². The molecule has 11 heteroatoms. The molecule has 188 valence electrons. The van der Waals surface area contributed by atoms with E-state index < -0.39 is 35.2 Å². The second-order valence-corrected chi connectivity index (χ2v) is 9.63. The predicted molar refractivity (Wildman–Crippen MR) is 118 cm³/mol. The number of aliphatic hydroxyl groups excluding tert-OH is 1. The van der Waals surface area contributed by atoms with Gasteiger partial charge in [0.2, 0.25) is 0 Å². The zero-order chi connectivity index (χ0) is 24.9. The van der Waals surface area contributed by atoms with Crippen molar-refractivity contribution in [3.05, 3.63) is 29.3 Å². The molecule has 1 amide bonds. The summed E-state index contributed by atoms with van der Waals surface area (Å²) in [6.45, 7) is 9.16. The highest BCUT2D eigenvalue weighted by atomic mass is 19.1. The second-order valence-electron chi connectivity index (χ2n) is 9.63. The van der Waals surface area contributed by atoms with Crippen molar-refractivity contribution in [2.75, 3.05) is 52.4 Å². The molecule has 1 aromatic carbocycles. The number of rotatable bonds is 8. The molecule has 1 aromatic rings. The topological polar surface area (TPSA) is 107 Å². The molecule has 0 spiro atoms. The highest BCUT2D eigenvalue weighted by Crippen LogP contribution is 2.24. The fourth-order valence-corrected chi connectivity index (χ4v) is 4.12. The van der Waals surface area contributed by atoms with Crippen LogP contribution >= 0.6 is 0 Å². The third kappa shape index (κ3) is 7.77. The number of β-amino-alcohol motifs (C(OH)–C–C–N with tert-alkyl or cyclic N) is 1. The molecule has 2 aliphatic rings. The van der Waals surface area contributed by atoms with E-state index in [1.807, 2.05) is 20.8 Å². The molecule has 2 N–H and O–H groups in total. The van der Waals surface area contributed by atoms with Crippen LogP contribution < -0.4 is 10.1 Å². The summed E-state index contributed by atoms with van der Waals surface area (Å²) in [5.41, 5.74) is -0.679. The Bertz CT molecular complexity index is 867. The first kappa shape index (κ1) is 26.1. The van der Waals surface area contributed by atoms with Crippen LogP contribution in [0, 0.1) is 23.0 Å². The molecule has 3 atom stereocenters. The third-order valence-corrected chi connectivity index (χ3v) is 5.34. The van der Waals surface area contributed by atoms with E-state index in [4.69, 9.17) is 19.5 Å². The fraction of sp³-hybridized carbons (Fsp3) is 0.652. The fourth-order valence-electron chi connectivity index (χ4n) is 4.12. The quantitative estimate of drug-likeness (QED) is 0.574. The number of hydrogen-bond acceptors (Lipinski definition) is 8. The van der Waals surface area contributed by atoms with Crippen LogP contribution in [0.5, 0.6) is 5.75 Å². The molecule has 0 saturated carbocycles. The van der Waals surface area contributed by atoms with Gasteiger partial charge in [0.1, 0.15) is 18.3 Å². The average Bonchev–Trinajstić information content (AvgIpc) is 2.71. The van der Waals surface area contributed by atoms with Gasteiger partial charge >= 0.3 is 6.09 Å². The molecule has 3 rings (SSSR count). The molecule has 0 aliphatic carbocycles. The molecular formula is C23H32F2N4O5. The summed E-state index contributed by atoms with van der Waals surface area (Å²) in [5, 5.41) is 21.9. The van der Waals surface area contributed by atoms with Crippen molar-refractivity contribution in [3.63, 3.8) is 0 Å². The summed E-state index contributed by atoms with van der Waals surface area (Å²) >= 11 is 0. The Morgan fingerprint density at radius 1 is 1.24 bits per heavy atom. The maximum absolute atomic E-state index is 13.9. The number of fused-ring (bicyclic) bond motifs is 2. The number of benzene rings is 1. The molecule has 2 fully saturated rings. The lowest BCUT2D eigenvalue weighted by molar-refractivity contribution is -0.142. The first-order valence-electron chi connectivity index (χ1n) is 11.3. The minimum Gasteiger partial charge on any atom is -0.485 e. The zero-order valence-corrected chi connectivity index (χ0v) is 19.7. The Morgan fingerprint density at radius 2 is 1.82 bits per heavy atom. The number of ether oxygens (including phenoxy) is 3. The van der Waals surface area contributed by atoms with Gasteiger partial charge in [0.05, 0.1) is 23.8 Å². The number of nitriles is 1. The number of alkyl carbamates (subject to hydrolysis) is 1. The van der Waals surface area contributed by atoms with Crippen molar-refractivity contribution >= 4 is 6.09 Å². The van der Waals surface area contributed by atoms with Crippen molar-refractivity contribution < 1.29 is 32.9 Å². The van der Waals surface area contributed by atoms with Gasteiger partial charge in [-0.25, -0.2) is 13.6 Å². The zero-order valence-electron chi connectivity index (χ0n) is 19.7. The van der Waals surface area contributed by atoms with Crippen molar-refractivity contribution in [1.29, 1.82) is 5.26 Å². The van der Waals surface area contributed by atoms with Gasteiger partial charge in [0.15, 0.2) is 17.4 Å². The molecule has 9 nitrogen and oxygen atoms in total. The normalized spacial score (nSPS) is 22.0. The minimum atomic E-state index is -0.981. The lowest BCUT2D eigenvalue weighted by Gasteiger charge is -2.46. The number of nitrogens with one attached hydrogen (secondary N) is 1. The first-order valence-corrected chi connectivity index (χ1v) is 11.3. The Labute approximate surface area is 198 Å². The summed E-state index contributed by atoms with van der Waals surface area (Å²) in [5.74, 6) is -2.57. The molecular weight excluding hydrogens is 450 g/mol. The largest absolute Gasteiger partial charge is 0.485 e. The molecule has 0 aromatic heterocycles. The van der Waals surface area contributed by atoms with Crippen LogP contribution in [0.15, 0.2) is 12.1 Å². The van der Waals surface area contributed by atoms with Crippen LogP contribution in [0.3, 0.4) is 0 Å². The van der Waals surface area contributed by atoms with E-state index in [2.05, 4.69) is 15.1 Å². The van der Waals surface area contributed by atoms with Gasteiger partial charge in [-0.1, -0.05) is 0 Å². The van der Waals surface area contributed by atoms with Gasteiger partial charge < -0.3 is 24.6 Å². The summed E-state index contributed by atoms with van der Waals surface area (Å²) in [7, 11) is 0. The standard InChI is InChI=1S/C23H32F2N4O5/c1-23(2,3)34-22(31)27-4-5-28-10-17-12-29(13-18(11-28)33-17)9-16(30)14-32-21-19(24)6-15(8-26)7-20(21)25/h6-7,16-18,30H,4-5,9-14H2,1-3H3,(H,27,31)/t16-,17?,18?/m0/s1. The van der Waals surface area contributed by atoms with Crippen molar-refractivity contribution in [2.45, 2.75) is 44.7 Å². The van der Waals surface area contributed by atoms with Gasteiger partial charge in [-0.2, -0.15) is 5.26 Å². The van der Waals surface area contributed by atoms with E-state index in [0.29, 0.717) is 39.3 Å². The lowest BCUT2D eigenvalue weighted by Crippen LogP contribution is -2.61. The van der Waals surface area contributed by atoms with Crippen LogP contribution in [-0.2, 0) is 9.47 Å². The smallest absolute Gasteiger partial charge is 0.407 e. The van der Waals surface area contributed by atoms with E-state index in [0.717, 1.165) is 12.1 Å². The van der Waals surface area contributed by atoms with Crippen LogP contribution in [0.25, 0.3) is 0 Å². The van der Waals surface area contributed by atoms with E-state index in [1.54, 1.807) is 6.07 Å². The van der Waals surface area contributed by atoms with Gasteiger partial charge in [-0.3, -0.25) is 9.80 Å². The SMILES string of the molecule is CC(C)(C)OC(=O)NCCN1CC2CN(C[C@H](O)COc3c(F)cc(C#N)cc3F)CC(C1)O2. The monoisotopic (exact) mass is 482 g/mol. The molecule has 34 heavy (non-hydrogen) atoms. The number of nitrogens with zero attached hydrogens (tertiary/aromatic N) is 3. The van der Waals surface area contributed by atoms with Gasteiger partial charge in [-0.05, 0) is 32.9 Å². The van der Waals surface area contributed by atoms with E-state index >= 15 is 0 Å². The first-order chi connectivity index (χ1) is 16.0. The summed E-state index contributed by atoms with van der Waals surface area (Å²) in [4.78, 5) is 16.1. The number of aliphatic hydroxyl groups is 1. The molecule has 2 heterocycles. The van der Waals surface area contributed by atoms with Crippen molar-refractivity contribution in [1.82, 2.24) is 15.1 Å². The summed E-state index contributed by atoms with van der Waals surface area (Å²) in [6, 6.07) is 3.45. The van der Waals surface area contributed by atoms with E-state index in [-0.39, 0.29) is 30.9 Å². The highest BCUT2D eigenvalue weighted by molar-refractivity contribution is 5.67. The van der Waals surface area contributed by atoms with Gasteiger partial charge in [0, 0.05) is 45.8 Å². The van der Waals surface area contributed by atoms with Gasteiger partial charge in [-0.15, -0.1) is 0 Å². The molecule has 2 aliphatic heterocycles. The molecule has 0 radical (unpaired) electrons. The highest BCUT2D eigenvalue weighted by Gasteiger charge is 2.35. The number of carbonyl (C=O) groups excluding carboxylic acids is 1. The minimum absolute atomic E-state index is 0.0458. The number of amides is 1. The van der Waals surface area contributed by atoms with Crippen molar-refractivity contribution in [3.8, 4) is 11.8 Å². The predicted octanol–water partition coefficient (Wildman–Crippen LogP) is 1.49. The number of halogens is 2. The van der Waals surface area contributed by atoms with Gasteiger partial charge in [0.25, 0.3) is 0 Å². The molecule has 2 bridgehead atoms. The van der Waals surface area contributed by atoms with Crippen LogP contribution in [-0.4, -0.2) is 97.3 Å². The van der Waals surface area contributed by atoms with E-state index in [1.165, 1.54) is 0 Å². The Kier molecular flexibility index (Phi) is 8.65. The number of morpholine rings is 2. The van der Waals surface area contributed by atoms with Crippen LogP contribution in [0.4, 0.5) is 13.6 Å².